The lowest BCUT2D eigenvalue weighted by atomic mass is 10.0. The molecule has 0 saturated heterocycles. The summed E-state index contributed by atoms with van der Waals surface area (Å²) in [6, 6.07) is 0. The van der Waals surface area contributed by atoms with Crippen LogP contribution in [0.25, 0.3) is 0 Å². The first-order valence-corrected chi connectivity index (χ1v) is 4.54. The van der Waals surface area contributed by atoms with Gasteiger partial charge in [-0.15, -0.1) is 0 Å². The first kappa shape index (κ1) is 8.05. The van der Waals surface area contributed by atoms with Gasteiger partial charge in [0.15, 0.2) is 5.90 Å². The second-order valence-electron chi connectivity index (χ2n) is 2.86. The number of ether oxygens (including phenoxy) is 1. The summed E-state index contributed by atoms with van der Waals surface area (Å²) in [6.45, 7) is 4.76. The molecule has 1 aliphatic heterocycles. The Bertz CT molecular complexity index is 158. The summed E-state index contributed by atoms with van der Waals surface area (Å²) in [6.07, 6.45) is 1.05. The Hall–Kier alpha value is -0.0500. The van der Waals surface area contributed by atoms with Crippen molar-refractivity contribution >= 4 is 21.8 Å². The molecule has 1 atom stereocenters. The molecular formula is C7H12BrNO. The van der Waals surface area contributed by atoms with Crippen LogP contribution in [-0.4, -0.2) is 23.4 Å². The minimum atomic E-state index is 0.0353. The number of hydrogen-bond donors (Lipinski definition) is 0. The van der Waals surface area contributed by atoms with Gasteiger partial charge in [-0.1, -0.05) is 15.9 Å². The number of aliphatic imine (C=N–C) groups is 1. The van der Waals surface area contributed by atoms with Gasteiger partial charge >= 0.3 is 0 Å². The van der Waals surface area contributed by atoms with E-state index in [0.29, 0.717) is 0 Å². The number of hydrogen-bond acceptors (Lipinski definition) is 2. The van der Waals surface area contributed by atoms with Crippen LogP contribution in [0.5, 0.6) is 0 Å². The molecule has 0 N–H and O–H groups in total. The maximum atomic E-state index is 5.25. The molecule has 0 aromatic carbocycles. The lowest BCUT2D eigenvalue weighted by molar-refractivity contribution is 0.262. The van der Waals surface area contributed by atoms with Crippen LogP contribution in [0.1, 0.15) is 20.3 Å². The molecule has 0 saturated carbocycles. The summed E-state index contributed by atoms with van der Waals surface area (Å²) in [5.74, 6) is 0.823. The molecular weight excluding hydrogens is 194 g/mol. The quantitative estimate of drug-likeness (QED) is 0.633. The molecule has 3 heteroatoms. The van der Waals surface area contributed by atoms with Gasteiger partial charge in [-0.05, 0) is 13.3 Å². The molecule has 58 valence electrons. The van der Waals surface area contributed by atoms with Crippen molar-refractivity contribution in [1.29, 1.82) is 0 Å². The summed E-state index contributed by atoms with van der Waals surface area (Å²) in [7, 11) is 0. The summed E-state index contributed by atoms with van der Waals surface area (Å²) >= 11 is 3.39. The third kappa shape index (κ3) is 1.72. The molecule has 0 radical (unpaired) electrons. The van der Waals surface area contributed by atoms with Gasteiger partial charge in [0.1, 0.15) is 6.61 Å². The lowest BCUT2D eigenvalue weighted by Gasteiger charge is -2.15. The molecule has 1 unspecified atom stereocenters. The van der Waals surface area contributed by atoms with Crippen LogP contribution in [0.2, 0.25) is 0 Å². The molecule has 0 aliphatic carbocycles. The summed E-state index contributed by atoms with van der Waals surface area (Å²) < 4.78 is 5.25. The molecule has 1 heterocycles. The summed E-state index contributed by atoms with van der Waals surface area (Å²) in [4.78, 5) is 4.37. The Kier molecular flexibility index (Phi) is 2.34. The smallest absolute Gasteiger partial charge is 0.180 e. The van der Waals surface area contributed by atoms with Gasteiger partial charge in [0.2, 0.25) is 0 Å². The van der Waals surface area contributed by atoms with Crippen LogP contribution >= 0.6 is 15.9 Å². The van der Waals surface area contributed by atoms with Gasteiger partial charge in [0.05, 0.1) is 5.54 Å². The van der Waals surface area contributed by atoms with Crippen LogP contribution in [-0.2, 0) is 4.74 Å². The Labute approximate surface area is 69.8 Å². The number of rotatable bonds is 2. The zero-order chi connectivity index (χ0) is 7.61. The van der Waals surface area contributed by atoms with E-state index < -0.39 is 0 Å². The van der Waals surface area contributed by atoms with E-state index in [2.05, 4.69) is 27.8 Å². The second-order valence-corrected chi connectivity index (χ2v) is 3.65. The highest BCUT2D eigenvalue weighted by molar-refractivity contribution is 9.09. The predicted molar refractivity (Wildman–Crippen MR) is 45.9 cm³/mol. The van der Waals surface area contributed by atoms with E-state index in [1.54, 1.807) is 0 Å². The minimum absolute atomic E-state index is 0.0353. The highest BCUT2D eigenvalue weighted by Gasteiger charge is 2.28. The molecule has 10 heavy (non-hydrogen) atoms. The summed E-state index contributed by atoms with van der Waals surface area (Å²) in [5.41, 5.74) is 0.0353. The van der Waals surface area contributed by atoms with Crippen molar-refractivity contribution in [2.45, 2.75) is 25.8 Å². The third-order valence-corrected chi connectivity index (χ3v) is 2.05. The van der Waals surface area contributed by atoms with Crippen LogP contribution in [0.4, 0.5) is 0 Å². The first-order chi connectivity index (χ1) is 4.66. The standard InChI is InChI=1S/C7H12BrNO/c1-6-9-7(2,3-4-8)5-10-6/h3-5H2,1-2H3. The van der Waals surface area contributed by atoms with Gasteiger partial charge in [-0.3, -0.25) is 0 Å². The van der Waals surface area contributed by atoms with Crippen molar-refractivity contribution in [1.82, 2.24) is 0 Å². The fraction of sp³-hybridized carbons (Fsp3) is 0.857. The predicted octanol–water partition coefficient (Wildman–Crippen LogP) is 1.98. The van der Waals surface area contributed by atoms with Crippen LogP contribution in [0.15, 0.2) is 4.99 Å². The van der Waals surface area contributed by atoms with Crippen molar-refractivity contribution in [3.63, 3.8) is 0 Å². The highest BCUT2D eigenvalue weighted by atomic mass is 79.9. The average molecular weight is 206 g/mol. The van der Waals surface area contributed by atoms with E-state index >= 15 is 0 Å². The minimum Gasteiger partial charge on any atom is -0.479 e. The van der Waals surface area contributed by atoms with E-state index in [0.717, 1.165) is 24.3 Å². The van der Waals surface area contributed by atoms with Gasteiger partial charge in [-0.25, -0.2) is 4.99 Å². The molecule has 0 fully saturated rings. The van der Waals surface area contributed by atoms with E-state index in [1.165, 1.54) is 0 Å². The van der Waals surface area contributed by atoms with E-state index in [9.17, 15) is 0 Å². The normalized spacial score (nSPS) is 31.7. The van der Waals surface area contributed by atoms with Gasteiger partial charge < -0.3 is 4.74 Å². The molecule has 2 nitrogen and oxygen atoms in total. The molecule has 1 aliphatic rings. The first-order valence-electron chi connectivity index (χ1n) is 3.41. The van der Waals surface area contributed by atoms with Crippen LogP contribution in [0.3, 0.4) is 0 Å². The molecule has 1 rings (SSSR count). The Morgan fingerprint density at radius 3 is 2.90 bits per heavy atom. The Morgan fingerprint density at radius 2 is 2.50 bits per heavy atom. The van der Waals surface area contributed by atoms with Crippen molar-refractivity contribution < 1.29 is 4.74 Å². The van der Waals surface area contributed by atoms with Gasteiger partial charge in [-0.2, -0.15) is 0 Å². The van der Waals surface area contributed by atoms with Gasteiger partial charge in [0, 0.05) is 12.3 Å². The average Bonchev–Trinajstić information content (AvgIpc) is 2.12. The van der Waals surface area contributed by atoms with E-state index in [1.807, 2.05) is 6.92 Å². The van der Waals surface area contributed by atoms with E-state index in [-0.39, 0.29) is 5.54 Å². The molecule has 0 bridgehead atoms. The molecule has 0 spiro atoms. The van der Waals surface area contributed by atoms with E-state index in [4.69, 9.17) is 4.74 Å². The molecule has 0 amide bonds. The Balaban J connectivity index is 2.54. The van der Waals surface area contributed by atoms with Crippen molar-refractivity contribution in [3.05, 3.63) is 0 Å². The fourth-order valence-corrected chi connectivity index (χ4v) is 1.89. The zero-order valence-corrected chi connectivity index (χ0v) is 7.94. The van der Waals surface area contributed by atoms with Gasteiger partial charge in [0.25, 0.3) is 0 Å². The number of nitrogens with zero attached hydrogens (tertiary/aromatic N) is 1. The maximum absolute atomic E-state index is 5.25. The molecule has 0 aromatic rings. The zero-order valence-electron chi connectivity index (χ0n) is 6.35. The largest absolute Gasteiger partial charge is 0.479 e. The fourth-order valence-electron chi connectivity index (χ4n) is 1.04. The van der Waals surface area contributed by atoms with Crippen molar-refractivity contribution in [2.75, 3.05) is 11.9 Å². The number of alkyl halides is 1. The van der Waals surface area contributed by atoms with Crippen LogP contribution in [0, 0.1) is 0 Å². The molecule has 0 aromatic heterocycles. The van der Waals surface area contributed by atoms with Crippen LogP contribution < -0.4 is 0 Å². The summed E-state index contributed by atoms with van der Waals surface area (Å²) in [5, 5.41) is 0.990. The lowest BCUT2D eigenvalue weighted by Crippen LogP contribution is -2.23. The highest BCUT2D eigenvalue weighted by Crippen LogP contribution is 2.22. The van der Waals surface area contributed by atoms with Crippen molar-refractivity contribution in [3.8, 4) is 0 Å². The third-order valence-electron chi connectivity index (χ3n) is 1.65. The number of halogens is 1. The van der Waals surface area contributed by atoms with Crippen molar-refractivity contribution in [2.24, 2.45) is 4.99 Å². The Morgan fingerprint density at radius 1 is 1.80 bits per heavy atom. The second kappa shape index (κ2) is 2.91. The monoisotopic (exact) mass is 205 g/mol. The maximum Gasteiger partial charge on any atom is 0.180 e. The topological polar surface area (TPSA) is 21.6 Å². The SMILES string of the molecule is CC1=NC(C)(CCBr)CO1.